The third-order valence-corrected chi connectivity index (χ3v) is 4.66. The van der Waals surface area contributed by atoms with Gasteiger partial charge in [-0.2, -0.15) is 5.10 Å². The zero-order valence-corrected chi connectivity index (χ0v) is 13.7. The van der Waals surface area contributed by atoms with Crippen LogP contribution in [0.1, 0.15) is 18.3 Å². The highest BCUT2D eigenvalue weighted by Crippen LogP contribution is 2.24. The molecule has 0 aliphatic carbocycles. The molecule has 102 valence electrons. The predicted molar refractivity (Wildman–Crippen MR) is 82.9 cm³/mol. The van der Waals surface area contributed by atoms with Gasteiger partial charge in [-0.25, -0.2) is 0 Å². The summed E-state index contributed by atoms with van der Waals surface area (Å²) in [6.07, 6.45) is 2.07. The number of aryl methyl sites for hydroxylation is 2. The van der Waals surface area contributed by atoms with Crippen LogP contribution in [0.5, 0.6) is 5.75 Å². The third-order valence-electron chi connectivity index (χ3n) is 2.89. The first-order valence-corrected chi connectivity index (χ1v) is 8.16. The summed E-state index contributed by atoms with van der Waals surface area (Å²) in [6.45, 7) is 5.44. The molecule has 0 saturated carbocycles. The van der Waals surface area contributed by atoms with Crippen LogP contribution in [0.4, 0.5) is 0 Å². The van der Waals surface area contributed by atoms with Crippen molar-refractivity contribution in [2.45, 2.75) is 31.9 Å². The molecule has 0 bridgehead atoms. The molecule has 0 spiro atoms. The predicted octanol–water partition coefficient (Wildman–Crippen LogP) is 4.27. The van der Waals surface area contributed by atoms with Gasteiger partial charge in [0.05, 0.1) is 15.9 Å². The van der Waals surface area contributed by atoms with Gasteiger partial charge in [0.2, 0.25) is 0 Å². The molecule has 0 unspecified atom stereocenters. The van der Waals surface area contributed by atoms with Crippen LogP contribution in [-0.2, 0) is 13.2 Å². The van der Waals surface area contributed by atoms with Gasteiger partial charge in [0, 0.05) is 11.4 Å². The van der Waals surface area contributed by atoms with Crippen molar-refractivity contribution in [2.75, 3.05) is 6.26 Å². The van der Waals surface area contributed by atoms with Crippen LogP contribution in [0.15, 0.2) is 33.6 Å². The van der Waals surface area contributed by atoms with Gasteiger partial charge in [-0.1, -0.05) is 0 Å². The fourth-order valence-corrected chi connectivity index (χ4v) is 2.64. The van der Waals surface area contributed by atoms with Crippen LogP contribution in [-0.4, -0.2) is 16.0 Å². The molecule has 0 N–H and O–H groups in total. The summed E-state index contributed by atoms with van der Waals surface area (Å²) >= 11 is 5.30. The molecule has 0 radical (unpaired) electrons. The van der Waals surface area contributed by atoms with E-state index in [1.807, 2.05) is 23.7 Å². The van der Waals surface area contributed by atoms with Crippen molar-refractivity contribution in [3.63, 3.8) is 0 Å². The second-order valence-electron chi connectivity index (χ2n) is 4.13. The average Bonchev–Trinajstić information content (AvgIpc) is 2.72. The molecule has 0 amide bonds. The molecule has 1 aromatic carbocycles. The van der Waals surface area contributed by atoms with E-state index in [1.165, 1.54) is 4.90 Å². The van der Waals surface area contributed by atoms with Crippen LogP contribution in [0, 0.1) is 6.92 Å². The van der Waals surface area contributed by atoms with Gasteiger partial charge in [-0.15, -0.1) is 11.8 Å². The van der Waals surface area contributed by atoms with Crippen molar-refractivity contribution < 1.29 is 4.74 Å². The Morgan fingerprint density at radius 2 is 2.00 bits per heavy atom. The lowest BCUT2D eigenvalue weighted by atomic mass is 10.3. The Hall–Kier alpha value is -0.940. The topological polar surface area (TPSA) is 27.1 Å². The Balaban J connectivity index is 2.09. The summed E-state index contributed by atoms with van der Waals surface area (Å²) in [7, 11) is 0. The van der Waals surface area contributed by atoms with Crippen molar-refractivity contribution in [3.8, 4) is 5.75 Å². The normalized spacial score (nSPS) is 10.7. The highest BCUT2D eigenvalue weighted by atomic mass is 79.9. The summed E-state index contributed by atoms with van der Waals surface area (Å²) in [5, 5.41) is 4.45. The van der Waals surface area contributed by atoms with E-state index in [2.05, 4.69) is 46.3 Å². The van der Waals surface area contributed by atoms with Gasteiger partial charge in [-0.3, -0.25) is 4.68 Å². The van der Waals surface area contributed by atoms with Gasteiger partial charge >= 0.3 is 0 Å². The van der Waals surface area contributed by atoms with Gasteiger partial charge < -0.3 is 4.74 Å². The summed E-state index contributed by atoms with van der Waals surface area (Å²) < 4.78 is 8.83. The minimum absolute atomic E-state index is 0.522. The van der Waals surface area contributed by atoms with E-state index in [0.717, 1.165) is 28.2 Å². The van der Waals surface area contributed by atoms with E-state index in [1.54, 1.807) is 11.8 Å². The molecule has 1 heterocycles. The fraction of sp³-hybridized carbons (Fsp3) is 0.357. The molecular formula is C14H17BrN2OS. The first-order chi connectivity index (χ1) is 9.15. The molecular weight excluding hydrogens is 324 g/mol. The number of benzene rings is 1. The molecule has 19 heavy (non-hydrogen) atoms. The lowest BCUT2D eigenvalue weighted by Gasteiger charge is -2.09. The van der Waals surface area contributed by atoms with Gasteiger partial charge in [0.15, 0.2) is 0 Å². The molecule has 0 aliphatic rings. The zero-order valence-electron chi connectivity index (χ0n) is 11.3. The Labute approximate surface area is 126 Å². The van der Waals surface area contributed by atoms with Crippen LogP contribution in [0.25, 0.3) is 0 Å². The van der Waals surface area contributed by atoms with E-state index in [9.17, 15) is 0 Å². The molecule has 0 saturated heterocycles. The summed E-state index contributed by atoms with van der Waals surface area (Å²) in [5.74, 6) is 0.881. The smallest absolute Gasteiger partial charge is 0.131 e. The maximum Gasteiger partial charge on any atom is 0.131 e. The first kappa shape index (κ1) is 14.5. The number of rotatable bonds is 5. The van der Waals surface area contributed by atoms with E-state index in [-0.39, 0.29) is 0 Å². The van der Waals surface area contributed by atoms with Crippen molar-refractivity contribution in [3.05, 3.63) is 40.1 Å². The molecule has 5 heteroatoms. The minimum atomic E-state index is 0.522. The number of halogens is 1. The second-order valence-corrected chi connectivity index (χ2v) is 5.80. The first-order valence-electron chi connectivity index (χ1n) is 6.14. The number of aromatic nitrogens is 2. The quantitative estimate of drug-likeness (QED) is 0.760. The standard InChI is InChI=1S/C14H17BrN2OS/c1-4-17-13(14(15)10(2)16-17)9-18-11-5-7-12(19-3)8-6-11/h5-8H,4,9H2,1-3H3. The lowest BCUT2D eigenvalue weighted by Crippen LogP contribution is -2.06. The second kappa shape index (κ2) is 6.48. The van der Waals surface area contributed by atoms with Crippen LogP contribution < -0.4 is 4.74 Å². The van der Waals surface area contributed by atoms with Crippen molar-refractivity contribution >= 4 is 27.7 Å². The summed E-state index contributed by atoms with van der Waals surface area (Å²) in [4.78, 5) is 1.24. The van der Waals surface area contributed by atoms with Crippen molar-refractivity contribution in [2.24, 2.45) is 0 Å². The highest BCUT2D eigenvalue weighted by Gasteiger charge is 2.12. The van der Waals surface area contributed by atoms with E-state index >= 15 is 0 Å². The van der Waals surface area contributed by atoms with Crippen LogP contribution >= 0.6 is 27.7 Å². The third kappa shape index (κ3) is 3.34. The lowest BCUT2D eigenvalue weighted by molar-refractivity contribution is 0.291. The van der Waals surface area contributed by atoms with E-state index < -0.39 is 0 Å². The summed E-state index contributed by atoms with van der Waals surface area (Å²) in [5.41, 5.74) is 2.08. The Morgan fingerprint density at radius 1 is 1.32 bits per heavy atom. The molecule has 0 atom stereocenters. The fourth-order valence-electron chi connectivity index (χ4n) is 1.83. The number of thioether (sulfide) groups is 1. The van der Waals surface area contributed by atoms with Gasteiger partial charge in [0.1, 0.15) is 12.4 Å². The number of hydrogen-bond acceptors (Lipinski definition) is 3. The molecule has 2 aromatic rings. The monoisotopic (exact) mass is 340 g/mol. The number of hydrogen-bond donors (Lipinski definition) is 0. The summed E-state index contributed by atoms with van der Waals surface area (Å²) in [6, 6.07) is 8.13. The minimum Gasteiger partial charge on any atom is -0.487 e. The Morgan fingerprint density at radius 3 is 2.58 bits per heavy atom. The molecule has 0 fully saturated rings. The molecule has 1 aromatic heterocycles. The van der Waals surface area contributed by atoms with Crippen molar-refractivity contribution in [1.82, 2.24) is 9.78 Å². The SMILES string of the molecule is CCn1nc(C)c(Br)c1COc1ccc(SC)cc1. The highest BCUT2D eigenvalue weighted by molar-refractivity contribution is 9.10. The van der Waals surface area contributed by atoms with E-state index in [0.29, 0.717) is 6.61 Å². The maximum atomic E-state index is 5.83. The average molecular weight is 341 g/mol. The largest absolute Gasteiger partial charge is 0.487 e. The van der Waals surface area contributed by atoms with Crippen LogP contribution in [0.3, 0.4) is 0 Å². The van der Waals surface area contributed by atoms with Crippen LogP contribution in [0.2, 0.25) is 0 Å². The number of ether oxygens (including phenoxy) is 1. The van der Waals surface area contributed by atoms with E-state index in [4.69, 9.17) is 4.74 Å². The van der Waals surface area contributed by atoms with Gasteiger partial charge in [-0.05, 0) is 60.3 Å². The Kier molecular flexibility index (Phi) is 4.93. The molecule has 0 aliphatic heterocycles. The number of nitrogens with zero attached hydrogens (tertiary/aromatic N) is 2. The maximum absolute atomic E-state index is 5.83. The van der Waals surface area contributed by atoms with Gasteiger partial charge in [0.25, 0.3) is 0 Å². The zero-order chi connectivity index (χ0) is 13.8. The Bertz CT molecular complexity index is 551. The van der Waals surface area contributed by atoms with Crippen molar-refractivity contribution in [1.29, 1.82) is 0 Å². The molecule has 2 rings (SSSR count). The molecule has 3 nitrogen and oxygen atoms in total.